The van der Waals surface area contributed by atoms with Gasteiger partial charge >= 0.3 is 0 Å². The maximum absolute atomic E-state index is 12.8. The Morgan fingerprint density at radius 2 is 1.31 bits per heavy atom. The Labute approximate surface area is 188 Å². The number of methoxy groups -OCH3 is 4. The molecule has 0 bridgehead atoms. The highest BCUT2D eigenvalue weighted by Crippen LogP contribution is 2.29. The van der Waals surface area contributed by atoms with Crippen LogP contribution in [0.5, 0.6) is 28.7 Å². The summed E-state index contributed by atoms with van der Waals surface area (Å²) in [6.07, 6.45) is 3.21. The first-order chi connectivity index (χ1) is 15.6. The van der Waals surface area contributed by atoms with Crippen molar-refractivity contribution in [2.45, 2.75) is 6.61 Å². The van der Waals surface area contributed by atoms with Crippen LogP contribution >= 0.6 is 0 Å². The molecular formula is C26H26O6. The predicted octanol–water partition coefficient (Wildman–Crippen LogP) is 5.20. The van der Waals surface area contributed by atoms with Gasteiger partial charge in [-0.25, -0.2) is 0 Å². The molecule has 0 aromatic heterocycles. The molecular weight excluding hydrogens is 408 g/mol. The first-order valence-corrected chi connectivity index (χ1v) is 9.96. The first-order valence-electron chi connectivity index (χ1n) is 9.96. The standard InChI is InChI=1S/C26H26O6/c1-28-20-9-5-18(6-10-20)17-32-25-15-21(29-2)11-7-19(25)8-14-24(27)23-13-12-22(30-3)16-26(23)31-4/h5-16H,17H2,1-4H3. The fourth-order valence-corrected chi connectivity index (χ4v) is 3.04. The molecule has 6 nitrogen and oxygen atoms in total. The van der Waals surface area contributed by atoms with E-state index < -0.39 is 0 Å². The normalized spacial score (nSPS) is 10.6. The minimum Gasteiger partial charge on any atom is -0.497 e. The van der Waals surface area contributed by atoms with Crippen LogP contribution in [0.4, 0.5) is 0 Å². The summed E-state index contributed by atoms with van der Waals surface area (Å²) in [5.74, 6) is 2.92. The lowest BCUT2D eigenvalue weighted by atomic mass is 10.1. The summed E-state index contributed by atoms with van der Waals surface area (Å²) < 4.78 is 27.1. The lowest BCUT2D eigenvalue weighted by Crippen LogP contribution is -2.00. The summed E-state index contributed by atoms with van der Waals surface area (Å²) in [7, 11) is 6.30. The number of ketones is 1. The van der Waals surface area contributed by atoms with Crippen LogP contribution in [0.2, 0.25) is 0 Å². The van der Waals surface area contributed by atoms with Crippen molar-refractivity contribution in [1.82, 2.24) is 0 Å². The van der Waals surface area contributed by atoms with Crippen molar-refractivity contribution in [3.8, 4) is 28.7 Å². The Balaban J connectivity index is 1.81. The Hall–Kier alpha value is -3.93. The van der Waals surface area contributed by atoms with Gasteiger partial charge in [0.05, 0.1) is 34.0 Å². The van der Waals surface area contributed by atoms with Crippen LogP contribution in [0.25, 0.3) is 6.08 Å². The molecule has 0 saturated carbocycles. The van der Waals surface area contributed by atoms with Crippen molar-refractivity contribution < 1.29 is 28.5 Å². The maximum atomic E-state index is 12.8. The van der Waals surface area contributed by atoms with E-state index >= 15 is 0 Å². The summed E-state index contributed by atoms with van der Waals surface area (Å²) in [6, 6.07) is 18.2. The molecule has 166 valence electrons. The van der Waals surface area contributed by atoms with Gasteiger partial charge in [-0.2, -0.15) is 0 Å². The lowest BCUT2D eigenvalue weighted by molar-refractivity contribution is 0.104. The molecule has 0 fully saturated rings. The Morgan fingerprint density at radius 1 is 0.719 bits per heavy atom. The van der Waals surface area contributed by atoms with Gasteiger partial charge in [-0.05, 0) is 54.1 Å². The molecule has 6 heteroatoms. The zero-order chi connectivity index (χ0) is 22.9. The van der Waals surface area contributed by atoms with E-state index in [-0.39, 0.29) is 5.78 Å². The SMILES string of the molecule is COc1ccc(COc2cc(OC)ccc2C=CC(=O)c2ccc(OC)cc2OC)cc1. The monoisotopic (exact) mass is 434 g/mol. The molecule has 3 aromatic rings. The second-order valence-electron chi connectivity index (χ2n) is 6.80. The summed E-state index contributed by atoms with van der Waals surface area (Å²) in [5.41, 5.74) is 2.18. The van der Waals surface area contributed by atoms with Crippen LogP contribution < -0.4 is 23.7 Å². The van der Waals surface area contributed by atoms with Gasteiger partial charge in [0.25, 0.3) is 0 Å². The second kappa shape index (κ2) is 10.9. The molecule has 0 saturated heterocycles. The zero-order valence-electron chi connectivity index (χ0n) is 18.6. The smallest absolute Gasteiger partial charge is 0.189 e. The van der Waals surface area contributed by atoms with Crippen molar-refractivity contribution in [3.63, 3.8) is 0 Å². The van der Waals surface area contributed by atoms with E-state index in [0.29, 0.717) is 35.2 Å². The van der Waals surface area contributed by atoms with Crippen LogP contribution in [0.1, 0.15) is 21.5 Å². The topological polar surface area (TPSA) is 63.2 Å². The van der Waals surface area contributed by atoms with Crippen LogP contribution in [0.15, 0.2) is 66.7 Å². The molecule has 0 aliphatic rings. The van der Waals surface area contributed by atoms with E-state index in [0.717, 1.165) is 16.9 Å². The molecule has 32 heavy (non-hydrogen) atoms. The maximum Gasteiger partial charge on any atom is 0.189 e. The van der Waals surface area contributed by atoms with E-state index in [1.165, 1.54) is 13.2 Å². The molecule has 0 atom stereocenters. The average Bonchev–Trinajstić information content (AvgIpc) is 2.85. The van der Waals surface area contributed by atoms with E-state index in [4.69, 9.17) is 23.7 Å². The molecule has 0 aliphatic carbocycles. The van der Waals surface area contributed by atoms with Crippen molar-refractivity contribution in [2.75, 3.05) is 28.4 Å². The fraction of sp³-hybridized carbons (Fsp3) is 0.192. The van der Waals surface area contributed by atoms with Crippen LogP contribution in [-0.2, 0) is 6.61 Å². The third kappa shape index (κ3) is 5.60. The van der Waals surface area contributed by atoms with Crippen molar-refractivity contribution in [2.24, 2.45) is 0 Å². The van der Waals surface area contributed by atoms with Gasteiger partial charge in [0.15, 0.2) is 5.78 Å². The Bertz CT molecular complexity index is 1090. The molecule has 3 rings (SSSR count). The van der Waals surface area contributed by atoms with Crippen molar-refractivity contribution in [1.29, 1.82) is 0 Å². The lowest BCUT2D eigenvalue weighted by Gasteiger charge is -2.12. The third-order valence-corrected chi connectivity index (χ3v) is 4.86. The van der Waals surface area contributed by atoms with Crippen LogP contribution in [0.3, 0.4) is 0 Å². The van der Waals surface area contributed by atoms with Gasteiger partial charge in [-0.15, -0.1) is 0 Å². The Morgan fingerprint density at radius 3 is 1.94 bits per heavy atom. The minimum absolute atomic E-state index is 0.193. The quantitative estimate of drug-likeness (QED) is 0.323. The van der Waals surface area contributed by atoms with E-state index in [9.17, 15) is 4.79 Å². The van der Waals surface area contributed by atoms with Gasteiger partial charge in [0.2, 0.25) is 0 Å². The number of rotatable bonds is 10. The highest BCUT2D eigenvalue weighted by Gasteiger charge is 2.12. The zero-order valence-corrected chi connectivity index (χ0v) is 18.6. The molecule has 0 amide bonds. The van der Waals surface area contributed by atoms with E-state index in [1.807, 2.05) is 36.4 Å². The molecule has 3 aromatic carbocycles. The minimum atomic E-state index is -0.193. The molecule has 0 unspecified atom stereocenters. The number of hydrogen-bond donors (Lipinski definition) is 0. The highest BCUT2D eigenvalue weighted by molar-refractivity contribution is 6.08. The summed E-state index contributed by atoms with van der Waals surface area (Å²) in [4.78, 5) is 12.8. The van der Waals surface area contributed by atoms with Crippen LogP contribution in [0, 0.1) is 0 Å². The first kappa shape index (κ1) is 22.7. The van der Waals surface area contributed by atoms with E-state index in [2.05, 4.69) is 0 Å². The number of ether oxygens (including phenoxy) is 5. The number of carbonyl (C=O) groups excluding carboxylic acids is 1. The average molecular weight is 434 g/mol. The third-order valence-electron chi connectivity index (χ3n) is 4.86. The summed E-state index contributed by atoms with van der Waals surface area (Å²) in [5, 5.41) is 0. The molecule has 0 aliphatic heterocycles. The number of allylic oxidation sites excluding steroid dienone is 1. The van der Waals surface area contributed by atoms with Gasteiger partial charge < -0.3 is 23.7 Å². The van der Waals surface area contributed by atoms with Gasteiger partial charge in [0, 0.05) is 17.7 Å². The largest absolute Gasteiger partial charge is 0.497 e. The molecule has 0 N–H and O–H groups in total. The number of carbonyl (C=O) groups is 1. The predicted molar refractivity (Wildman–Crippen MR) is 123 cm³/mol. The highest BCUT2D eigenvalue weighted by atomic mass is 16.5. The summed E-state index contributed by atoms with van der Waals surface area (Å²) in [6.45, 7) is 0.359. The number of benzene rings is 3. The summed E-state index contributed by atoms with van der Waals surface area (Å²) >= 11 is 0. The van der Waals surface area contributed by atoms with Crippen LogP contribution in [-0.4, -0.2) is 34.2 Å². The molecule has 0 heterocycles. The van der Waals surface area contributed by atoms with Gasteiger partial charge in [-0.1, -0.05) is 12.1 Å². The van der Waals surface area contributed by atoms with Gasteiger partial charge in [0.1, 0.15) is 35.4 Å². The fourth-order valence-electron chi connectivity index (χ4n) is 3.04. The molecule has 0 spiro atoms. The molecule has 0 radical (unpaired) electrons. The van der Waals surface area contributed by atoms with Gasteiger partial charge in [-0.3, -0.25) is 4.79 Å². The van der Waals surface area contributed by atoms with E-state index in [1.54, 1.807) is 51.7 Å². The number of hydrogen-bond acceptors (Lipinski definition) is 6. The van der Waals surface area contributed by atoms with Crippen molar-refractivity contribution in [3.05, 3.63) is 83.4 Å². The Kier molecular flexibility index (Phi) is 7.75. The second-order valence-corrected chi connectivity index (χ2v) is 6.80. The van der Waals surface area contributed by atoms with Crippen molar-refractivity contribution >= 4 is 11.9 Å².